The highest BCUT2D eigenvalue weighted by atomic mass is 32.2. The summed E-state index contributed by atoms with van der Waals surface area (Å²) in [5.41, 5.74) is 2.14. The van der Waals surface area contributed by atoms with Crippen molar-refractivity contribution in [2.75, 3.05) is 13.1 Å². The minimum absolute atomic E-state index is 0.113. The van der Waals surface area contributed by atoms with E-state index in [0.717, 1.165) is 24.5 Å². The summed E-state index contributed by atoms with van der Waals surface area (Å²) in [5, 5.41) is 4.37. The lowest BCUT2D eigenvalue weighted by molar-refractivity contribution is -0.133. The number of aromatic nitrogens is 2. The molecule has 2 N–H and O–H groups in total. The van der Waals surface area contributed by atoms with Gasteiger partial charge in [0.2, 0.25) is 5.91 Å². The van der Waals surface area contributed by atoms with Crippen LogP contribution in [0.25, 0.3) is 0 Å². The Morgan fingerprint density at radius 3 is 2.89 bits per heavy atom. The molecule has 0 spiro atoms. The molecular weight excluding hydrogens is 260 g/mol. The van der Waals surface area contributed by atoms with Crippen LogP contribution in [-0.2, 0) is 17.8 Å². The van der Waals surface area contributed by atoms with E-state index in [0.29, 0.717) is 23.5 Å². The maximum absolute atomic E-state index is 12.6. The fourth-order valence-electron chi connectivity index (χ4n) is 2.92. The average Bonchev–Trinajstić information content (AvgIpc) is 2.83. The molecule has 0 aromatic carbocycles. The standard InChI is InChI=1S/C13H20N4OS/c1-8-5-17(6-9(2)19-8)13(18)11-3-10-12(4-14-11)16-7-15-10/h7-9,11,14H,3-6H2,1-2H3,(H,15,16). The first-order chi connectivity index (χ1) is 9.13. The third-order valence-corrected chi connectivity index (χ3v) is 4.99. The Kier molecular flexibility index (Phi) is 3.54. The number of fused-ring (bicyclic) bond motifs is 1. The van der Waals surface area contributed by atoms with Gasteiger partial charge in [0.25, 0.3) is 0 Å². The van der Waals surface area contributed by atoms with E-state index in [4.69, 9.17) is 0 Å². The van der Waals surface area contributed by atoms with Gasteiger partial charge in [0, 0.05) is 36.6 Å². The largest absolute Gasteiger partial charge is 0.347 e. The highest BCUT2D eigenvalue weighted by Crippen LogP contribution is 2.25. The Labute approximate surface area is 117 Å². The minimum Gasteiger partial charge on any atom is -0.347 e. The predicted molar refractivity (Wildman–Crippen MR) is 76.0 cm³/mol. The summed E-state index contributed by atoms with van der Waals surface area (Å²) < 4.78 is 0. The number of hydrogen-bond acceptors (Lipinski definition) is 4. The second-order valence-corrected chi connectivity index (χ2v) is 7.35. The number of H-pyrrole nitrogens is 1. The number of nitrogens with one attached hydrogen (secondary N) is 2. The smallest absolute Gasteiger partial charge is 0.240 e. The zero-order chi connectivity index (χ0) is 13.4. The van der Waals surface area contributed by atoms with Gasteiger partial charge < -0.3 is 9.88 Å². The van der Waals surface area contributed by atoms with Gasteiger partial charge >= 0.3 is 0 Å². The van der Waals surface area contributed by atoms with Gasteiger partial charge in [-0.2, -0.15) is 11.8 Å². The zero-order valence-corrected chi connectivity index (χ0v) is 12.2. The summed E-state index contributed by atoms with van der Waals surface area (Å²) >= 11 is 1.97. The van der Waals surface area contributed by atoms with Crippen LogP contribution in [0.2, 0.25) is 0 Å². The van der Waals surface area contributed by atoms with Crippen molar-refractivity contribution in [3.8, 4) is 0 Å². The van der Waals surface area contributed by atoms with Crippen LogP contribution in [0.5, 0.6) is 0 Å². The van der Waals surface area contributed by atoms with E-state index in [9.17, 15) is 4.79 Å². The van der Waals surface area contributed by atoms with Crippen LogP contribution in [0.15, 0.2) is 6.33 Å². The normalized spacial score (nSPS) is 31.1. The van der Waals surface area contributed by atoms with Crippen molar-refractivity contribution in [2.45, 2.75) is 43.4 Å². The third kappa shape index (κ3) is 2.65. The van der Waals surface area contributed by atoms with Crippen molar-refractivity contribution >= 4 is 17.7 Å². The number of carbonyl (C=O) groups is 1. The predicted octanol–water partition coefficient (Wildman–Crippen LogP) is 0.776. The number of aromatic amines is 1. The number of carbonyl (C=O) groups excluding carboxylic acids is 1. The van der Waals surface area contributed by atoms with E-state index in [1.807, 2.05) is 16.7 Å². The first-order valence-corrected chi connectivity index (χ1v) is 7.76. The molecule has 19 heavy (non-hydrogen) atoms. The number of imidazole rings is 1. The van der Waals surface area contributed by atoms with Crippen LogP contribution >= 0.6 is 11.8 Å². The van der Waals surface area contributed by atoms with Crippen molar-refractivity contribution < 1.29 is 4.79 Å². The Morgan fingerprint density at radius 1 is 1.42 bits per heavy atom. The highest BCUT2D eigenvalue weighted by molar-refractivity contribution is 8.00. The van der Waals surface area contributed by atoms with Gasteiger partial charge in [0.15, 0.2) is 0 Å². The monoisotopic (exact) mass is 280 g/mol. The molecule has 3 atom stereocenters. The molecule has 3 heterocycles. The van der Waals surface area contributed by atoms with Crippen LogP contribution in [-0.4, -0.2) is 50.4 Å². The van der Waals surface area contributed by atoms with Crippen LogP contribution in [0.4, 0.5) is 0 Å². The molecule has 104 valence electrons. The second-order valence-electron chi connectivity index (χ2n) is 5.47. The molecule has 2 aliphatic rings. The van der Waals surface area contributed by atoms with E-state index >= 15 is 0 Å². The maximum atomic E-state index is 12.6. The van der Waals surface area contributed by atoms with Gasteiger partial charge in [0.05, 0.1) is 23.8 Å². The highest BCUT2D eigenvalue weighted by Gasteiger charge is 2.32. The molecule has 0 saturated carbocycles. The molecule has 1 amide bonds. The summed E-state index contributed by atoms with van der Waals surface area (Å²) in [6, 6.07) is -0.113. The number of rotatable bonds is 1. The van der Waals surface area contributed by atoms with E-state index in [1.54, 1.807) is 6.33 Å². The van der Waals surface area contributed by atoms with E-state index in [2.05, 4.69) is 29.1 Å². The van der Waals surface area contributed by atoms with Gasteiger partial charge in [-0.1, -0.05) is 13.8 Å². The lowest BCUT2D eigenvalue weighted by Gasteiger charge is -2.37. The first-order valence-electron chi connectivity index (χ1n) is 6.82. The number of hydrogen-bond donors (Lipinski definition) is 2. The van der Waals surface area contributed by atoms with Crippen molar-refractivity contribution in [1.82, 2.24) is 20.2 Å². The third-order valence-electron chi connectivity index (χ3n) is 3.76. The Balaban J connectivity index is 1.68. The van der Waals surface area contributed by atoms with E-state index < -0.39 is 0 Å². The van der Waals surface area contributed by atoms with Crippen molar-refractivity contribution in [3.63, 3.8) is 0 Å². The molecule has 1 aromatic rings. The van der Waals surface area contributed by atoms with Gasteiger partial charge in [-0.25, -0.2) is 4.98 Å². The summed E-state index contributed by atoms with van der Waals surface area (Å²) in [6.45, 7) is 6.82. The molecule has 0 aliphatic carbocycles. The number of amides is 1. The molecule has 0 bridgehead atoms. The second kappa shape index (κ2) is 5.17. The maximum Gasteiger partial charge on any atom is 0.240 e. The Bertz CT molecular complexity index is 465. The van der Waals surface area contributed by atoms with Gasteiger partial charge in [-0.15, -0.1) is 0 Å². The molecule has 5 nitrogen and oxygen atoms in total. The lowest BCUT2D eigenvalue weighted by Crippen LogP contribution is -2.53. The molecule has 2 aliphatic heterocycles. The van der Waals surface area contributed by atoms with Gasteiger partial charge in [-0.05, 0) is 0 Å². The zero-order valence-electron chi connectivity index (χ0n) is 11.3. The number of thioether (sulfide) groups is 1. The molecule has 6 heteroatoms. The van der Waals surface area contributed by atoms with Gasteiger partial charge in [-0.3, -0.25) is 10.1 Å². The topological polar surface area (TPSA) is 61.0 Å². The van der Waals surface area contributed by atoms with Crippen molar-refractivity contribution in [1.29, 1.82) is 0 Å². The Morgan fingerprint density at radius 2 is 2.16 bits per heavy atom. The van der Waals surface area contributed by atoms with Gasteiger partial charge in [0.1, 0.15) is 0 Å². The van der Waals surface area contributed by atoms with Crippen LogP contribution in [0, 0.1) is 0 Å². The molecule has 0 radical (unpaired) electrons. The summed E-state index contributed by atoms with van der Waals surface area (Å²) in [5.74, 6) is 0.229. The SMILES string of the molecule is CC1CN(C(=O)C2Cc3nc[nH]c3CN2)CC(C)S1. The molecule has 1 saturated heterocycles. The summed E-state index contributed by atoms with van der Waals surface area (Å²) in [7, 11) is 0. The Hall–Kier alpha value is -1.01. The first kappa shape index (κ1) is 13.0. The molecule has 1 fully saturated rings. The van der Waals surface area contributed by atoms with Crippen LogP contribution in [0.1, 0.15) is 25.2 Å². The molecule has 3 rings (SSSR count). The lowest BCUT2D eigenvalue weighted by atomic mass is 10.0. The van der Waals surface area contributed by atoms with Crippen molar-refractivity contribution in [2.24, 2.45) is 0 Å². The number of nitrogens with zero attached hydrogens (tertiary/aromatic N) is 2. The van der Waals surface area contributed by atoms with E-state index in [1.165, 1.54) is 0 Å². The molecule has 1 aromatic heterocycles. The summed E-state index contributed by atoms with van der Waals surface area (Å²) in [4.78, 5) is 22.0. The van der Waals surface area contributed by atoms with E-state index in [-0.39, 0.29) is 11.9 Å². The average molecular weight is 280 g/mol. The fourth-order valence-corrected chi connectivity index (χ4v) is 4.25. The van der Waals surface area contributed by atoms with Crippen LogP contribution in [0.3, 0.4) is 0 Å². The quantitative estimate of drug-likeness (QED) is 0.798. The fraction of sp³-hybridized carbons (Fsp3) is 0.692. The van der Waals surface area contributed by atoms with Crippen LogP contribution < -0.4 is 5.32 Å². The van der Waals surface area contributed by atoms with Crippen molar-refractivity contribution in [3.05, 3.63) is 17.7 Å². The minimum atomic E-state index is -0.113. The summed E-state index contributed by atoms with van der Waals surface area (Å²) in [6.07, 6.45) is 2.41. The molecular formula is C13H20N4OS. The molecule has 3 unspecified atom stereocenters.